The Kier molecular flexibility index (Phi) is 5.66. The van der Waals surface area contributed by atoms with E-state index < -0.39 is 17.6 Å². The summed E-state index contributed by atoms with van der Waals surface area (Å²) in [4.78, 5) is 27.2. The Hall–Kier alpha value is -2.69. The van der Waals surface area contributed by atoms with E-state index in [0.29, 0.717) is 18.1 Å². The monoisotopic (exact) mass is 369 g/mol. The lowest BCUT2D eigenvalue weighted by Gasteiger charge is -2.28. The minimum Gasteiger partial charge on any atom is -0.378 e. The highest BCUT2D eigenvalue weighted by atomic mass is 32.1. The van der Waals surface area contributed by atoms with Crippen molar-refractivity contribution in [2.45, 2.75) is 0 Å². The lowest BCUT2D eigenvalue weighted by Crippen LogP contribution is -2.35. The molecule has 1 saturated heterocycles. The summed E-state index contributed by atoms with van der Waals surface area (Å²) in [6.07, 6.45) is 0. The van der Waals surface area contributed by atoms with Crippen LogP contribution in [0, 0.1) is 17.2 Å². The van der Waals surface area contributed by atoms with Gasteiger partial charge in [0.2, 0.25) is 5.91 Å². The van der Waals surface area contributed by atoms with E-state index in [-0.39, 0.29) is 0 Å². The summed E-state index contributed by atoms with van der Waals surface area (Å²) in [5.41, 5.74) is 1.94. The number of amides is 1. The van der Waals surface area contributed by atoms with Crippen LogP contribution in [0.4, 0.5) is 5.00 Å². The van der Waals surface area contributed by atoms with Gasteiger partial charge in [0, 0.05) is 25.7 Å². The van der Waals surface area contributed by atoms with Gasteiger partial charge in [0.05, 0.1) is 29.2 Å². The molecule has 7 heteroatoms. The van der Waals surface area contributed by atoms with Crippen LogP contribution in [0.5, 0.6) is 0 Å². The van der Waals surface area contributed by atoms with Crippen LogP contribution in [0.2, 0.25) is 0 Å². The van der Waals surface area contributed by atoms with Crippen molar-refractivity contribution in [3.05, 3.63) is 41.3 Å². The number of hydrogen-bond donors (Lipinski definition) is 1. The Bertz CT molecular complexity index is 835. The number of carbonyl (C=O) groups excluding carboxylic acids is 2. The molecule has 0 bridgehead atoms. The lowest BCUT2D eigenvalue weighted by atomic mass is 10.0. The molecule has 134 valence electrons. The topological polar surface area (TPSA) is 82.4 Å². The van der Waals surface area contributed by atoms with E-state index in [9.17, 15) is 14.9 Å². The summed E-state index contributed by atoms with van der Waals surface area (Å²) < 4.78 is 5.42. The van der Waals surface area contributed by atoms with Gasteiger partial charge in [-0.05, 0) is 11.6 Å². The van der Waals surface area contributed by atoms with Crippen LogP contribution in [0.15, 0.2) is 36.4 Å². The number of rotatable bonds is 5. The molecular weight excluding hydrogens is 350 g/mol. The minimum absolute atomic E-state index is 0.417. The van der Waals surface area contributed by atoms with Gasteiger partial charge in [-0.2, -0.15) is 5.26 Å². The third-order valence-corrected chi connectivity index (χ3v) is 5.45. The van der Waals surface area contributed by atoms with Gasteiger partial charge in [-0.15, -0.1) is 11.3 Å². The van der Waals surface area contributed by atoms with Gasteiger partial charge in [0.1, 0.15) is 0 Å². The Morgan fingerprint density at radius 3 is 2.58 bits per heavy atom. The maximum atomic E-state index is 12.7. The highest BCUT2D eigenvalue weighted by Gasteiger charge is 2.30. The molecule has 1 atom stereocenters. The first-order valence-electron chi connectivity index (χ1n) is 8.33. The number of nitrogens with one attached hydrogen (secondary N) is 1. The molecule has 3 rings (SSSR count). The minimum atomic E-state index is -1.33. The predicted molar refractivity (Wildman–Crippen MR) is 100 cm³/mol. The highest BCUT2D eigenvalue weighted by Crippen LogP contribution is 2.40. The first-order chi connectivity index (χ1) is 12.7. The standard InChI is InChI=1S/C19H19N3O3S/c1-21-18(24)15(12-20)17(23)16-11-14(13-5-3-2-4-6-13)19(26-16)22-7-9-25-10-8-22/h2-6,11,15H,7-10H2,1H3,(H,21,24)/t15-/m1/s1. The lowest BCUT2D eigenvalue weighted by molar-refractivity contribution is -0.121. The van der Waals surface area contributed by atoms with E-state index in [0.717, 1.165) is 29.2 Å². The Morgan fingerprint density at radius 1 is 1.27 bits per heavy atom. The van der Waals surface area contributed by atoms with Crippen LogP contribution in [0.25, 0.3) is 11.1 Å². The fourth-order valence-electron chi connectivity index (χ4n) is 2.85. The fraction of sp³-hybridized carbons (Fsp3) is 0.316. The summed E-state index contributed by atoms with van der Waals surface area (Å²) in [6.45, 7) is 2.75. The molecule has 6 nitrogen and oxygen atoms in total. The van der Waals surface area contributed by atoms with E-state index in [1.807, 2.05) is 36.4 Å². The van der Waals surface area contributed by atoms with Crippen LogP contribution in [-0.4, -0.2) is 45.0 Å². The SMILES string of the molecule is CNC(=O)[C@H](C#N)C(=O)c1cc(-c2ccccc2)c(N2CCOCC2)s1. The quantitative estimate of drug-likeness (QED) is 0.646. The molecule has 2 heterocycles. The summed E-state index contributed by atoms with van der Waals surface area (Å²) in [7, 11) is 1.42. The van der Waals surface area contributed by atoms with Gasteiger partial charge in [-0.1, -0.05) is 30.3 Å². The molecule has 26 heavy (non-hydrogen) atoms. The number of morpholine rings is 1. The number of thiophene rings is 1. The zero-order valence-corrected chi connectivity index (χ0v) is 15.2. The molecular formula is C19H19N3O3S. The van der Waals surface area contributed by atoms with Gasteiger partial charge in [0.15, 0.2) is 11.7 Å². The molecule has 1 amide bonds. The van der Waals surface area contributed by atoms with Crippen molar-refractivity contribution in [1.29, 1.82) is 5.26 Å². The molecule has 0 unspecified atom stereocenters. The average molecular weight is 369 g/mol. The second-order valence-electron chi connectivity index (χ2n) is 5.84. The van der Waals surface area contributed by atoms with Crippen molar-refractivity contribution in [2.24, 2.45) is 5.92 Å². The molecule has 0 radical (unpaired) electrons. The largest absolute Gasteiger partial charge is 0.378 e. The number of nitriles is 1. The summed E-state index contributed by atoms with van der Waals surface area (Å²) >= 11 is 1.33. The molecule has 1 aromatic carbocycles. The number of anilines is 1. The van der Waals surface area contributed by atoms with Crippen LogP contribution in [-0.2, 0) is 9.53 Å². The van der Waals surface area contributed by atoms with Crippen molar-refractivity contribution in [1.82, 2.24) is 5.32 Å². The maximum absolute atomic E-state index is 12.7. The van der Waals surface area contributed by atoms with E-state index in [2.05, 4.69) is 10.2 Å². The van der Waals surface area contributed by atoms with E-state index in [1.165, 1.54) is 18.4 Å². The molecule has 2 aromatic rings. The maximum Gasteiger partial charge on any atom is 0.245 e. The van der Waals surface area contributed by atoms with Gasteiger partial charge >= 0.3 is 0 Å². The number of ketones is 1. The second kappa shape index (κ2) is 8.13. The Labute approximate surface area is 156 Å². The molecule has 0 aliphatic carbocycles. The number of carbonyl (C=O) groups is 2. The first-order valence-corrected chi connectivity index (χ1v) is 9.14. The van der Waals surface area contributed by atoms with Crippen molar-refractivity contribution >= 4 is 28.0 Å². The number of ether oxygens (including phenoxy) is 1. The van der Waals surface area contributed by atoms with Crippen LogP contribution in [0.3, 0.4) is 0 Å². The van der Waals surface area contributed by atoms with E-state index in [1.54, 1.807) is 6.07 Å². The molecule has 0 spiro atoms. The van der Waals surface area contributed by atoms with Crippen LogP contribution >= 0.6 is 11.3 Å². The molecule has 1 aromatic heterocycles. The smallest absolute Gasteiger partial charge is 0.245 e. The molecule has 1 aliphatic rings. The average Bonchev–Trinajstić information content (AvgIpc) is 3.15. The van der Waals surface area contributed by atoms with Crippen molar-refractivity contribution in [2.75, 3.05) is 38.3 Å². The Balaban J connectivity index is 2.02. The van der Waals surface area contributed by atoms with Crippen molar-refractivity contribution in [3.8, 4) is 17.2 Å². The summed E-state index contributed by atoms with van der Waals surface area (Å²) in [6, 6.07) is 13.4. The highest BCUT2D eigenvalue weighted by molar-refractivity contribution is 7.18. The van der Waals surface area contributed by atoms with Gasteiger partial charge < -0.3 is 15.0 Å². The van der Waals surface area contributed by atoms with Crippen LogP contribution < -0.4 is 10.2 Å². The third-order valence-electron chi connectivity index (χ3n) is 4.24. The molecule has 0 saturated carbocycles. The first kappa shape index (κ1) is 18.1. The van der Waals surface area contributed by atoms with Crippen molar-refractivity contribution < 1.29 is 14.3 Å². The number of Topliss-reactive ketones (excluding diaryl/α,β-unsaturated/α-hetero) is 1. The number of benzene rings is 1. The van der Waals surface area contributed by atoms with Crippen LogP contribution in [0.1, 0.15) is 9.67 Å². The van der Waals surface area contributed by atoms with Crippen molar-refractivity contribution in [3.63, 3.8) is 0 Å². The zero-order chi connectivity index (χ0) is 18.5. The zero-order valence-electron chi connectivity index (χ0n) is 14.4. The Morgan fingerprint density at radius 2 is 1.96 bits per heavy atom. The fourth-order valence-corrected chi connectivity index (χ4v) is 4.05. The predicted octanol–water partition coefficient (Wildman–Crippen LogP) is 2.32. The van der Waals surface area contributed by atoms with E-state index in [4.69, 9.17) is 4.74 Å². The van der Waals surface area contributed by atoms with E-state index >= 15 is 0 Å². The number of nitrogens with zero attached hydrogens (tertiary/aromatic N) is 2. The molecule has 1 fully saturated rings. The molecule has 1 N–H and O–H groups in total. The summed E-state index contributed by atoms with van der Waals surface area (Å²) in [5.74, 6) is -2.38. The third kappa shape index (κ3) is 3.62. The normalized spacial score (nSPS) is 15.2. The summed E-state index contributed by atoms with van der Waals surface area (Å²) in [5, 5.41) is 12.6. The molecule has 1 aliphatic heterocycles. The second-order valence-corrected chi connectivity index (χ2v) is 6.87. The van der Waals surface area contributed by atoms with Gasteiger partial charge in [-0.25, -0.2) is 0 Å². The number of hydrogen-bond acceptors (Lipinski definition) is 6. The van der Waals surface area contributed by atoms with Gasteiger partial charge in [0.25, 0.3) is 0 Å². The van der Waals surface area contributed by atoms with Gasteiger partial charge in [-0.3, -0.25) is 9.59 Å².